The van der Waals surface area contributed by atoms with E-state index in [1.807, 2.05) is 0 Å². The average molecular weight is 408 g/mol. The van der Waals surface area contributed by atoms with Crippen LogP contribution >= 0.6 is 0 Å². The van der Waals surface area contributed by atoms with Gasteiger partial charge in [-0.05, 0) is 12.5 Å². The molecular formula is C19H20O10. The summed E-state index contributed by atoms with van der Waals surface area (Å²) in [5, 5.41) is 71.5. The third-order valence-electron chi connectivity index (χ3n) is 5.49. The van der Waals surface area contributed by atoms with Crippen LogP contribution in [0.15, 0.2) is 0 Å². The molecule has 0 saturated heterocycles. The quantitative estimate of drug-likeness (QED) is 0.371. The fraction of sp³-hybridized carbons (Fsp3) is 0.368. The molecule has 2 aromatic carbocycles. The minimum Gasteiger partial charge on any atom is -0.504 e. The Morgan fingerprint density at radius 2 is 1.45 bits per heavy atom. The van der Waals surface area contributed by atoms with Crippen LogP contribution in [0.5, 0.6) is 34.5 Å². The largest absolute Gasteiger partial charge is 0.504 e. The third kappa shape index (κ3) is 2.50. The van der Waals surface area contributed by atoms with Gasteiger partial charge < -0.3 is 50.0 Å². The minimum atomic E-state index is -1.54. The summed E-state index contributed by atoms with van der Waals surface area (Å²) in [5.74, 6) is -4.00. The lowest BCUT2D eigenvalue weighted by Crippen LogP contribution is -2.11. The lowest BCUT2D eigenvalue weighted by atomic mass is 9.90. The molecule has 0 aliphatic carbocycles. The maximum absolute atomic E-state index is 10.5. The molecule has 3 atom stereocenters. The van der Waals surface area contributed by atoms with Crippen LogP contribution in [-0.2, 0) is 27.4 Å². The topological polar surface area (TPSA) is 169 Å². The minimum absolute atomic E-state index is 0.0107. The molecule has 2 aliphatic heterocycles. The highest BCUT2D eigenvalue weighted by atomic mass is 16.6. The van der Waals surface area contributed by atoms with E-state index < -0.39 is 53.0 Å². The van der Waals surface area contributed by atoms with Gasteiger partial charge in [-0.25, -0.2) is 0 Å². The number of aliphatic hydroxyl groups is 1. The molecule has 0 fully saturated rings. The van der Waals surface area contributed by atoms with Gasteiger partial charge in [0.1, 0.15) is 12.2 Å². The van der Waals surface area contributed by atoms with Crippen molar-refractivity contribution < 1.29 is 50.0 Å². The van der Waals surface area contributed by atoms with Crippen molar-refractivity contribution in [2.45, 2.75) is 38.6 Å². The molecule has 1 unspecified atom stereocenters. The van der Waals surface area contributed by atoms with E-state index in [1.54, 1.807) is 0 Å². The van der Waals surface area contributed by atoms with Gasteiger partial charge in [0.05, 0.1) is 13.2 Å². The summed E-state index contributed by atoms with van der Waals surface area (Å²) >= 11 is 0. The summed E-state index contributed by atoms with van der Waals surface area (Å²) in [6.07, 6.45) is -3.82. The van der Waals surface area contributed by atoms with Crippen molar-refractivity contribution in [1.82, 2.24) is 0 Å². The van der Waals surface area contributed by atoms with E-state index >= 15 is 0 Å². The van der Waals surface area contributed by atoms with Gasteiger partial charge in [-0.15, -0.1) is 0 Å². The van der Waals surface area contributed by atoms with E-state index in [-0.39, 0.29) is 41.0 Å². The van der Waals surface area contributed by atoms with Crippen molar-refractivity contribution in [3.63, 3.8) is 0 Å². The Labute approximate surface area is 164 Å². The molecule has 0 saturated carbocycles. The standard InChI is InChI=1S/C19H20O10/c1-5-8-10(14(23)15(24)11(5)20)18(29-19(8)26)17-9-6(4-28-17)7(3-27-2)12(21)16(25)13(9)22/h17-26H,3-4H2,1-2H3/t17-,18+,19?/m1/s1. The van der Waals surface area contributed by atoms with Crippen molar-refractivity contribution in [2.24, 2.45) is 0 Å². The number of hydrogen-bond donors (Lipinski definition) is 7. The lowest BCUT2D eigenvalue weighted by Gasteiger charge is -2.22. The Hall–Kier alpha value is -2.92. The number of ether oxygens (including phenoxy) is 3. The van der Waals surface area contributed by atoms with Gasteiger partial charge >= 0.3 is 0 Å². The maximum atomic E-state index is 10.5. The first-order valence-electron chi connectivity index (χ1n) is 8.70. The second-order valence-corrected chi connectivity index (χ2v) is 6.99. The van der Waals surface area contributed by atoms with Crippen LogP contribution in [0.1, 0.15) is 51.9 Å². The van der Waals surface area contributed by atoms with Crippen LogP contribution < -0.4 is 0 Å². The monoisotopic (exact) mass is 408 g/mol. The molecule has 2 aliphatic rings. The van der Waals surface area contributed by atoms with Crippen LogP contribution in [0.4, 0.5) is 0 Å². The zero-order chi connectivity index (χ0) is 21.2. The van der Waals surface area contributed by atoms with E-state index in [1.165, 1.54) is 14.0 Å². The van der Waals surface area contributed by atoms with E-state index in [0.29, 0.717) is 5.56 Å². The number of rotatable bonds is 3. The Morgan fingerprint density at radius 3 is 2.10 bits per heavy atom. The molecule has 10 heteroatoms. The van der Waals surface area contributed by atoms with E-state index in [0.717, 1.165) is 0 Å². The van der Waals surface area contributed by atoms with Crippen LogP contribution in [0, 0.1) is 6.92 Å². The number of fused-ring (bicyclic) bond motifs is 2. The van der Waals surface area contributed by atoms with Crippen molar-refractivity contribution >= 4 is 0 Å². The molecule has 0 aromatic heterocycles. The first-order valence-corrected chi connectivity index (χ1v) is 8.70. The van der Waals surface area contributed by atoms with Gasteiger partial charge in [0.2, 0.25) is 11.5 Å². The highest BCUT2D eigenvalue weighted by Gasteiger charge is 2.47. The van der Waals surface area contributed by atoms with E-state index in [4.69, 9.17) is 14.2 Å². The molecule has 0 spiro atoms. The van der Waals surface area contributed by atoms with E-state index in [2.05, 4.69) is 0 Å². The molecular weight excluding hydrogens is 388 g/mol. The van der Waals surface area contributed by atoms with Crippen LogP contribution in [0.2, 0.25) is 0 Å². The smallest absolute Gasteiger partial charge is 0.201 e. The summed E-state index contributed by atoms with van der Waals surface area (Å²) in [7, 11) is 1.39. The molecule has 29 heavy (non-hydrogen) atoms. The molecule has 0 amide bonds. The number of benzene rings is 2. The van der Waals surface area contributed by atoms with Gasteiger partial charge in [-0.2, -0.15) is 0 Å². The highest BCUT2D eigenvalue weighted by Crippen LogP contribution is 2.60. The van der Waals surface area contributed by atoms with Crippen LogP contribution in [-0.4, -0.2) is 42.9 Å². The Morgan fingerprint density at radius 1 is 0.828 bits per heavy atom. The second-order valence-electron chi connectivity index (χ2n) is 6.99. The van der Waals surface area contributed by atoms with Gasteiger partial charge in [-0.3, -0.25) is 0 Å². The number of aliphatic hydroxyl groups excluding tert-OH is 1. The first-order chi connectivity index (χ1) is 13.7. The molecule has 0 radical (unpaired) electrons. The van der Waals surface area contributed by atoms with Gasteiger partial charge in [0, 0.05) is 34.9 Å². The molecule has 0 bridgehead atoms. The number of phenolic OH excluding ortho intramolecular Hbond substituents is 6. The molecule has 4 rings (SSSR count). The van der Waals surface area contributed by atoms with Crippen LogP contribution in [0.25, 0.3) is 0 Å². The molecule has 2 heterocycles. The Balaban J connectivity index is 1.91. The fourth-order valence-electron chi connectivity index (χ4n) is 4.08. The van der Waals surface area contributed by atoms with Gasteiger partial charge in [-0.1, -0.05) is 0 Å². The number of phenols is 6. The summed E-state index contributed by atoms with van der Waals surface area (Å²) < 4.78 is 16.3. The third-order valence-corrected chi connectivity index (χ3v) is 5.49. The summed E-state index contributed by atoms with van der Waals surface area (Å²) in [6.45, 7) is 1.29. The first kappa shape index (κ1) is 19.4. The molecule has 156 valence electrons. The van der Waals surface area contributed by atoms with Gasteiger partial charge in [0.25, 0.3) is 0 Å². The summed E-state index contributed by atoms with van der Waals surface area (Å²) in [4.78, 5) is 0. The molecule has 7 N–H and O–H groups in total. The predicted octanol–water partition coefficient (Wildman–Crippen LogP) is 1.71. The number of methoxy groups -OCH3 is 1. The summed E-state index contributed by atoms with van der Waals surface area (Å²) in [6, 6.07) is 0. The maximum Gasteiger partial charge on any atom is 0.201 e. The molecule has 2 aromatic rings. The lowest BCUT2D eigenvalue weighted by molar-refractivity contribution is -0.161. The Bertz CT molecular complexity index is 1020. The normalized spacial score (nSPS) is 22.7. The molecule has 10 nitrogen and oxygen atoms in total. The van der Waals surface area contributed by atoms with Crippen molar-refractivity contribution in [2.75, 3.05) is 7.11 Å². The average Bonchev–Trinajstić information content (AvgIpc) is 3.27. The van der Waals surface area contributed by atoms with Gasteiger partial charge in [0.15, 0.2) is 29.3 Å². The fourth-order valence-corrected chi connectivity index (χ4v) is 4.08. The number of aromatic hydroxyl groups is 6. The zero-order valence-electron chi connectivity index (χ0n) is 15.5. The van der Waals surface area contributed by atoms with Crippen molar-refractivity contribution in [3.8, 4) is 34.5 Å². The number of hydrogen-bond acceptors (Lipinski definition) is 10. The van der Waals surface area contributed by atoms with E-state index in [9.17, 15) is 35.7 Å². The second kappa shape index (κ2) is 6.56. The van der Waals surface area contributed by atoms with Crippen molar-refractivity contribution in [3.05, 3.63) is 33.4 Å². The van der Waals surface area contributed by atoms with Crippen molar-refractivity contribution in [1.29, 1.82) is 0 Å². The Kier molecular flexibility index (Phi) is 4.39. The SMILES string of the molecule is COCc1c(O)c(O)c(O)c2c1CO[C@H]2[C@H]1OC(O)c2c(C)c(O)c(O)c(O)c21. The summed E-state index contributed by atoms with van der Waals surface area (Å²) in [5.41, 5.74) is 0.856. The van der Waals surface area contributed by atoms with Crippen LogP contribution in [0.3, 0.4) is 0 Å². The predicted molar refractivity (Wildman–Crippen MR) is 94.6 cm³/mol. The zero-order valence-corrected chi connectivity index (χ0v) is 15.5. The highest BCUT2D eigenvalue weighted by molar-refractivity contribution is 5.66.